The van der Waals surface area contributed by atoms with Gasteiger partial charge in [0.05, 0.1) is 27.3 Å². The van der Waals surface area contributed by atoms with Gasteiger partial charge >= 0.3 is 5.97 Å². The van der Waals surface area contributed by atoms with E-state index in [1.807, 2.05) is 17.6 Å². The van der Waals surface area contributed by atoms with Gasteiger partial charge in [0.25, 0.3) is 5.91 Å². The lowest BCUT2D eigenvalue weighted by Crippen LogP contribution is -2.40. The molecule has 35 heavy (non-hydrogen) atoms. The third-order valence-electron chi connectivity index (χ3n) is 5.97. The summed E-state index contributed by atoms with van der Waals surface area (Å²) < 4.78 is 48.0. The summed E-state index contributed by atoms with van der Waals surface area (Å²) in [5.41, 5.74) is 1.31. The van der Waals surface area contributed by atoms with Crippen LogP contribution >= 0.6 is 11.3 Å². The van der Waals surface area contributed by atoms with Gasteiger partial charge in [0.2, 0.25) is 10.0 Å². The highest BCUT2D eigenvalue weighted by atomic mass is 32.2. The first-order valence-corrected chi connectivity index (χ1v) is 13.6. The van der Waals surface area contributed by atoms with Gasteiger partial charge in [-0.25, -0.2) is 17.6 Å². The Bertz CT molecular complexity index is 1420. The molecule has 1 amide bonds. The Balaban J connectivity index is 1.52. The summed E-state index contributed by atoms with van der Waals surface area (Å²) in [6, 6.07) is 9.99. The molecule has 8 nitrogen and oxygen atoms in total. The number of aryl methyl sites for hydroxylation is 1. The molecule has 11 heteroatoms. The van der Waals surface area contributed by atoms with Crippen molar-refractivity contribution >= 4 is 43.5 Å². The predicted molar refractivity (Wildman–Crippen MR) is 130 cm³/mol. The molecule has 1 saturated heterocycles. The van der Waals surface area contributed by atoms with E-state index in [9.17, 15) is 22.4 Å². The number of benzene rings is 2. The zero-order valence-electron chi connectivity index (χ0n) is 19.4. The molecule has 3 aromatic rings. The maximum absolute atomic E-state index is 13.2. The summed E-state index contributed by atoms with van der Waals surface area (Å²) in [5, 5.41) is 0. The molecule has 186 valence electrons. The van der Waals surface area contributed by atoms with Crippen LogP contribution in [-0.2, 0) is 26.1 Å². The Labute approximate surface area is 206 Å². The molecule has 0 radical (unpaired) electrons. The van der Waals surface area contributed by atoms with Gasteiger partial charge in [-0.2, -0.15) is 9.30 Å². The van der Waals surface area contributed by atoms with Gasteiger partial charge in [0.15, 0.2) is 4.80 Å². The van der Waals surface area contributed by atoms with Crippen molar-refractivity contribution < 1.29 is 27.1 Å². The number of rotatable bonds is 6. The second kappa shape index (κ2) is 10.4. The second-order valence-corrected chi connectivity index (χ2v) is 11.1. The van der Waals surface area contributed by atoms with Crippen molar-refractivity contribution in [3.05, 3.63) is 58.6 Å². The zero-order valence-corrected chi connectivity index (χ0v) is 21.1. The minimum atomic E-state index is -3.75. The molecule has 0 spiro atoms. The predicted octanol–water partition coefficient (Wildman–Crippen LogP) is 3.57. The lowest BCUT2D eigenvalue weighted by Gasteiger charge is -2.29. The summed E-state index contributed by atoms with van der Waals surface area (Å²) in [4.78, 5) is 30.0. The Morgan fingerprint density at radius 2 is 1.80 bits per heavy atom. The van der Waals surface area contributed by atoms with Gasteiger partial charge in [-0.3, -0.25) is 4.79 Å². The molecule has 2 heterocycles. The van der Waals surface area contributed by atoms with Crippen LogP contribution in [0, 0.1) is 11.7 Å². The first-order valence-electron chi connectivity index (χ1n) is 11.4. The van der Waals surface area contributed by atoms with Crippen LogP contribution in [0.4, 0.5) is 4.39 Å². The van der Waals surface area contributed by atoms with Crippen LogP contribution in [-0.4, -0.2) is 48.9 Å². The Morgan fingerprint density at radius 1 is 1.11 bits per heavy atom. The van der Waals surface area contributed by atoms with E-state index in [1.54, 1.807) is 19.1 Å². The highest BCUT2D eigenvalue weighted by Crippen LogP contribution is 2.25. The van der Waals surface area contributed by atoms with E-state index in [0.29, 0.717) is 29.8 Å². The van der Waals surface area contributed by atoms with Gasteiger partial charge < -0.3 is 9.30 Å². The van der Waals surface area contributed by atoms with Crippen molar-refractivity contribution in [1.29, 1.82) is 0 Å². The minimum Gasteiger partial charge on any atom is -0.462 e. The van der Waals surface area contributed by atoms with E-state index >= 15 is 0 Å². The van der Waals surface area contributed by atoms with Crippen LogP contribution in [0.25, 0.3) is 10.2 Å². The largest absolute Gasteiger partial charge is 0.462 e. The number of aromatic nitrogens is 1. The SMILES string of the molecule is CCOC(=O)c1ccc2c(c1)sc(=NC(=O)C1CCN(S(=O)(=O)c3ccc(F)cc3)CC1)n2CC. The standard InChI is InChI=1S/C24H26FN3O5S2/c1-3-28-20-10-5-17(23(30)33-4-2)15-21(20)34-24(28)26-22(29)16-11-13-27(14-12-16)35(31,32)19-8-6-18(25)7-9-19/h5-10,15-16H,3-4,11-14H2,1-2H3. The van der Waals surface area contributed by atoms with Gasteiger partial charge in [0.1, 0.15) is 5.82 Å². The van der Waals surface area contributed by atoms with Crippen LogP contribution in [0.15, 0.2) is 52.4 Å². The van der Waals surface area contributed by atoms with Gasteiger partial charge in [-0.15, -0.1) is 0 Å². The van der Waals surface area contributed by atoms with E-state index in [2.05, 4.69) is 4.99 Å². The van der Waals surface area contributed by atoms with Gasteiger partial charge in [-0.05, 0) is 69.2 Å². The van der Waals surface area contributed by atoms with Gasteiger partial charge in [0, 0.05) is 25.6 Å². The summed E-state index contributed by atoms with van der Waals surface area (Å²) in [7, 11) is -3.75. The zero-order chi connectivity index (χ0) is 25.2. The highest BCUT2D eigenvalue weighted by Gasteiger charge is 2.32. The van der Waals surface area contributed by atoms with Crippen molar-refractivity contribution in [1.82, 2.24) is 8.87 Å². The monoisotopic (exact) mass is 519 g/mol. The quantitative estimate of drug-likeness (QED) is 0.464. The van der Waals surface area contributed by atoms with Crippen molar-refractivity contribution in [3.8, 4) is 0 Å². The number of thiazole rings is 1. The number of nitrogens with zero attached hydrogens (tertiary/aromatic N) is 3. The van der Waals surface area contributed by atoms with Crippen LogP contribution in [0.2, 0.25) is 0 Å². The maximum Gasteiger partial charge on any atom is 0.338 e. The number of hydrogen-bond donors (Lipinski definition) is 0. The number of amides is 1. The number of hydrogen-bond acceptors (Lipinski definition) is 6. The van der Waals surface area contributed by atoms with E-state index < -0.39 is 21.8 Å². The highest BCUT2D eigenvalue weighted by molar-refractivity contribution is 7.89. The number of ether oxygens (including phenoxy) is 1. The normalized spacial score (nSPS) is 16.0. The maximum atomic E-state index is 13.2. The molecular weight excluding hydrogens is 493 g/mol. The van der Waals surface area contributed by atoms with Crippen LogP contribution in [0.1, 0.15) is 37.0 Å². The summed E-state index contributed by atoms with van der Waals surface area (Å²) in [5.74, 6) is -1.58. The molecule has 1 aliphatic heterocycles. The summed E-state index contributed by atoms with van der Waals surface area (Å²) >= 11 is 1.32. The molecule has 1 aromatic heterocycles. The third-order valence-corrected chi connectivity index (χ3v) is 8.92. The first-order chi connectivity index (χ1) is 16.7. The third kappa shape index (κ3) is 5.21. The number of sulfonamides is 1. The van der Waals surface area contributed by atoms with Crippen LogP contribution in [0.3, 0.4) is 0 Å². The first kappa shape index (κ1) is 25.2. The molecule has 0 N–H and O–H groups in total. The summed E-state index contributed by atoms with van der Waals surface area (Å²) in [6.45, 7) is 4.96. The molecule has 1 aliphatic rings. The summed E-state index contributed by atoms with van der Waals surface area (Å²) in [6.07, 6.45) is 0.708. The van der Waals surface area contributed by atoms with Crippen molar-refractivity contribution in [3.63, 3.8) is 0 Å². The molecule has 4 rings (SSSR count). The number of carbonyl (C=O) groups is 2. The lowest BCUT2D eigenvalue weighted by molar-refractivity contribution is -0.122. The molecule has 0 saturated carbocycles. The smallest absolute Gasteiger partial charge is 0.338 e. The Kier molecular flexibility index (Phi) is 7.48. The number of piperidine rings is 1. The molecule has 0 aliphatic carbocycles. The molecule has 2 aromatic carbocycles. The van der Waals surface area contributed by atoms with E-state index in [4.69, 9.17) is 4.74 Å². The molecule has 0 bridgehead atoms. The average Bonchev–Trinajstić information content (AvgIpc) is 3.20. The average molecular weight is 520 g/mol. The van der Waals surface area contributed by atoms with E-state index in [1.165, 1.54) is 27.8 Å². The number of esters is 1. The minimum absolute atomic E-state index is 0.0322. The fraction of sp³-hybridized carbons (Fsp3) is 0.375. The number of carbonyl (C=O) groups excluding carboxylic acids is 2. The van der Waals surface area contributed by atoms with E-state index in [-0.39, 0.29) is 36.4 Å². The Hall–Kier alpha value is -2.89. The van der Waals surface area contributed by atoms with Crippen molar-refractivity contribution in [2.75, 3.05) is 19.7 Å². The molecule has 0 unspecified atom stereocenters. The fourth-order valence-electron chi connectivity index (χ4n) is 4.09. The Morgan fingerprint density at radius 3 is 2.43 bits per heavy atom. The topological polar surface area (TPSA) is 98.0 Å². The van der Waals surface area contributed by atoms with Crippen molar-refractivity contribution in [2.24, 2.45) is 10.9 Å². The number of fused-ring (bicyclic) bond motifs is 1. The lowest BCUT2D eigenvalue weighted by atomic mass is 9.98. The van der Waals surface area contributed by atoms with Crippen LogP contribution in [0.5, 0.6) is 0 Å². The number of halogens is 1. The second-order valence-electron chi connectivity index (χ2n) is 8.11. The van der Waals surface area contributed by atoms with E-state index in [0.717, 1.165) is 22.3 Å². The molecular formula is C24H26FN3O5S2. The molecule has 0 atom stereocenters. The van der Waals surface area contributed by atoms with Gasteiger partial charge in [-0.1, -0.05) is 11.3 Å². The van der Waals surface area contributed by atoms with Crippen molar-refractivity contribution in [2.45, 2.75) is 38.1 Å². The molecule has 1 fully saturated rings. The fourth-order valence-corrected chi connectivity index (χ4v) is 6.70. The van der Waals surface area contributed by atoms with Crippen LogP contribution < -0.4 is 4.80 Å².